The van der Waals surface area contributed by atoms with Gasteiger partial charge in [-0.15, -0.1) is 10.2 Å². The lowest BCUT2D eigenvalue weighted by Gasteiger charge is -2.26. The van der Waals surface area contributed by atoms with Crippen LogP contribution in [0.3, 0.4) is 0 Å². The molecule has 0 spiro atoms. The summed E-state index contributed by atoms with van der Waals surface area (Å²) in [4.78, 5) is 18.7. The van der Waals surface area contributed by atoms with Crippen molar-refractivity contribution in [1.29, 1.82) is 0 Å². The highest BCUT2D eigenvalue weighted by Gasteiger charge is 2.19. The van der Waals surface area contributed by atoms with Crippen LogP contribution in [0.4, 0.5) is 0 Å². The SMILES string of the molecule is CCCn1c(SCC(=O)N2CCCCC2)nnc1-c1ccccn1. The first kappa shape index (κ1) is 17.0. The van der Waals surface area contributed by atoms with Crippen LogP contribution in [0.2, 0.25) is 0 Å². The Hall–Kier alpha value is -1.89. The molecule has 7 heteroatoms. The van der Waals surface area contributed by atoms with Crippen LogP contribution < -0.4 is 0 Å². The van der Waals surface area contributed by atoms with Crippen LogP contribution in [0.25, 0.3) is 11.5 Å². The Balaban J connectivity index is 1.71. The van der Waals surface area contributed by atoms with Crippen molar-refractivity contribution in [3.05, 3.63) is 24.4 Å². The standard InChI is InChI=1S/C17H23N5OS/c1-2-10-22-16(14-8-4-5-9-18-14)19-20-17(22)24-13-15(23)21-11-6-3-7-12-21/h4-5,8-9H,2-3,6-7,10-13H2,1H3. The number of thioether (sulfide) groups is 1. The molecule has 3 rings (SSSR count). The van der Waals surface area contributed by atoms with Gasteiger partial charge in [-0.2, -0.15) is 0 Å². The first-order chi connectivity index (χ1) is 11.8. The maximum absolute atomic E-state index is 12.4. The van der Waals surface area contributed by atoms with E-state index in [4.69, 9.17) is 0 Å². The second kappa shape index (κ2) is 8.28. The van der Waals surface area contributed by atoms with Gasteiger partial charge in [0, 0.05) is 25.8 Å². The van der Waals surface area contributed by atoms with E-state index in [2.05, 4.69) is 26.7 Å². The summed E-state index contributed by atoms with van der Waals surface area (Å²) in [5, 5.41) is 9.39. The number of carbonyl (C=O) groups excluding carboxylic acids is 1. The molecule has 6 nitrogen and oxygen atoms in total. The molecule has 0 N–H and O–H groups in total. The zero-order chi connectivity index (χ0) is 16.8. The molecule has 24 heavy (non-hydrogen) atoms. The van der Waals surface area contributed by atoms with Crippen molar-refractivity contribution in [2.45, 2.75) is 44.3 Å². The fourth-order valence-electron chi connectivity index (χ4n) is 2.87. The highest BCUT2D eigenvalue weighted by atomic mass is 32.2. The Morgan fingerprint density at radius 3 is 2.75 bits per heavy atom. The number of piperidine rings is 1. The predicted molar refractivity (Wildman–Crippen MR) is 94.7 cm³/mol. The maximum atomic E-state index is 12.4. The van der Waals surface area contributed by atoms with Crippen LogP contribution in [-0.4, -0.2) is 49.4 Å². The van der Waals surface area contributed by atoms with E-state index < -0.39 is 0 Å². The van der Waals surface area contributed by atoms with Crippen LogP contribution in [0, 0.1) is 0 Å². The molecule has 2 aromatic rings. The Morgan fingerprint density at radius 2 is 2.04 bits per heavy atom. The molecular weight excluding hydrogens is 322 g/mol. The number of aromatic nitrogens is 4. The fourth-order valence-corrected chi connectivity index (χ4v) is 3.73. The zero-order valence-corrected chi connectivity index (χ0v) is 14.8. The van der Waals surface area contributed by atoms with Gasteiger partial charge in [0.2, 0.25) is 5.91 Å². The number of pyridine rings is 1. The molecule has 0 aliphatic carbocycles. The van der Waals surface area contributed by atoms with Crippen molar-refractivity contribution in [3.63, 3.8) is 0 Å². The van der Waals surface area contributed by atoms with E-state index in [-0.39, 0.29) is 5.91 Å². The molecule has 1 aliphatic heterocycles. The van der Waals surface area contributed by atoms with Gasteiger partial charge in [-0.1, -0.05) is 24.8 Å². The van der Waals surface area contributed by atoms with Gasteiger partial charge in [-0.25, -0.2) is 0 Å². The van der Waals surface area contributed by atoms with Crippen molar-refractivity contribution in [3.8, 4) is 11.5 Å². The van der Waals surface area contributed by atoms with Crippen molar-refractivity contribution in [2.24, 2.45) is 0 Å². The summed E-state index contributed by atoms with van der Waals surface area (Å²) < 4.78 is 2.07. The van der Waals surface area contributed by atoms with Gasteiger partial charge in [0.1, 0.15) is 5.69 Å². The number of nitrogens with zero attached hydrogens (tertiary/aromatic N) is 5. The third-order valence-corrected chi connectivity index (χ3v) is 5.04. The summed E-state index contributed by atoms with van der Waals surface area (Å²) in [6.07, 6.45) is 6.20. The van der Waals surface area contributed by atoms with Gasteiger partial charge >= 0.3 is 0 Å². The molecule has 0 unspecified atom stereocenters. The predicted octanol–water partition coefficient (Wildman–Crippen LogP) is 2.85. The summed E-state index contributed by atoms with van der Waals surface area (Å²) in [5.74, 6) is 1.39. The molecule has 1 amide bonds. The first-order valence-corrected chi connectivity index (χ1v) is 9.53. The lowest BCUT2D eigenvalue weighted by atomic mass is 10.1. The van der Waals surface area contributed by atoms with E-state index in [0.717, 1.165) is 55.6 Å². The number of likely N-dealkylation sites (tertiary alicyclic amines) is 1. The summed E-state index contributed by atoms with van der Waals surface area (Å²) in [7, 11) is 0. The molecule has 0 aromatic carbocycles. The highest BCUT2D eigenvalue weighted by Crippen LogP contribution is 2.23. The smallest absolute Gasteiger partial charge is 0.233 e. The number of carbonyl (C=O) groups is 1. The van der Waals surface area contributed by atoms with Crippen molar-refractivity contribution in [1.82, 2.24) is 24.6 Å². The van der Waals surface area contributed by atoms with Gasteiger partial charge in [-0.05, 0) is 37.8 Å². The Bertz CT molecular complexity index is 667. The van der Waals surface area contributed by atoms with Crippen molar-refractivity contribution < 1.29 is 4.79 Å². The zero-order valence-electron chi connectivity index (χ0n) is 14.0. The molecule has 1 aliphatic rings. The van der Waals surface area contributed by atoms with Crippen LogP contribution in [0.5, 0.6) is 0 Å². The average molecular weight is 345 g/mol. The third kappa shape index (κ3) is 3.95. The molecule has 2 aromatic heterocycles. The van der Waals surface area contributed by atoms with E-state index >= 15 is 0 Å². The van der Waals surface area contributed by atoms with Gasteiger partial charge in [0.15, 0.2) is 11.0 Å². The van der Waals surface area contributed by atoms with E-state index in [1.165, 1.54) is 18.2 Å². The Kier molecular flexibility index (Phi) is 5.85. The van der Waals surface area contributed by atoms with E-state index in [9.17, 15) is 4.79 Å². The van der Waals surface area contributed by atoms with Crippen LogP contribution in [-0.2, 0) is 11.3 Å². The van der Waals surface area contributed by atoms with Crippen LogP contribution >= 0.6 is 11.8 Å². The molecule has 0 saturated carbocycles. The summed E-state index contributed by atoms with van der Waals surface area (Å²) in [6.45, 7) is 4.72. The van der Waals surface area contributed by atoms with E-state index in [0.29, 0.717) is 5.75 Å². The first-order valence-electron chi connectivity index (χ1n) is 8.54. The quantitative estimate of drug-likeness (QED) is 0.753. The van der Waals surface area contributed by atoms with Crippen molar-refractivity contribution in [2.75, 3.05) is 18.8 Å². The lowest BCUT2D eigenvalue weighted by molar-refractivity contribution is -0.129. The average Bonchev–Trinajstić information content (AvgIpc) is 3.04. The second-order valence-electron chi connectivity index (χ2n) is 5.90. The minimum atomic E-state index is 0.199. The number of hydrogen-bond acceptors (Lipinski definition) is 5. The molecule has 1 saturated heterocycles. The Morgan fingerprint density at radius 1 is 1.21 bits per heavy atom. The third-order valence-electron chi connectivity index (χ3n) is 4.09. The number of rotatable bonds is 6. The van der Waals surface area contributed by atoms with E-state index in [1.54, 1.807) is 6.20 Å². The number of amides is 1. The molecule has 3 heterocycles. The minimum Gasteiger partial charge on any atom is -0.342 e. The highest BCUT2D eigenvalue weighted by molar-refractivity contribution is 7.99. The molecule has 0 radical (unpaired) electrons. The number of hydrogen-bond donors (Lipinski definition) is 0. The van der Waals surface area contributed by atoms with Gasteiger partial charge in [0.05, 0.1) is 5.75 Å². The summed E-state index contributed by atoms with van der Waals surface area (Å²) >= 11 is 1.47. The van der Waals surface area contributed by atoms with Crippen LogP contribution in [0.15, 0.2) is 29.6 Å². The maximum Gasteiger partial charge on any atom is 0.233 e. The topological polar surface area (TPSA) is 63.9 Å². The molecule has 1 fully saturated rings. The molecular formula is C17H23N5OS. The van der Waals surface area contributed by atoms with E-state index in [1.807, 2.05) is 23.1 Å². The van der Waals surface area contributed by atoms with Crippen molar-refractivity contribution >= 4 is 17.7 Å². The fraction of sp³-hybridized carbons (Fsp3) is 0.529. The molecule has 0 bridgehead atoms. The largest absolute Gasteiger partial charge is 0.342 e. The minimum absolute atomic E-state index is 0.199. The Labute approximate surface area is 146 Å². The monoisotopic (exact) mass is 345 g/mol. The second-order valence-corrected chi connectivity index (χ2v) is 6.85. The summed E-state index contributed by atoms with van der Waals surface area (Å²) in [5.41, 5.74) is 0.813. The normalized spacial score (nSPS) is 14.8. The molecule has 128 valence electrons. The van der Waals surface area contributed by atoms with Gasteiger partial charge in [0.25, 0.3) is 0 Å². The van der Waals surface area contributed by atoms with Gasteiger partial charge < -0.3 is 9.47 Å². The summed E-state index contributed by atoms with van der Waals surface area (Å²) in [6, 6.07) is 5.76. The van der Waals surface area contributed by atoms with Gasteiger partial charge in [-0.3, -0.25) is 9.78 Å². The molecule has 0 atom stereocenters. The van der Waals surface area contributed by atoms with Crippen LogP contribution in [0.1, 0.15) is 32.6 Å². The lowest BCUT2D eigenvalue weighted by Crippen LogP contribution is -2.36.